The molecule has 1 N–H and O–H groups in total. The quantitative estimate of drug-likeness (QED) is 0.929. The minimum absolute atomic E-state index is 0.224. The Kier molecular flexibility index (Phi) is 4.79. The number of amides is 2. The van der Waals surface area contributed by atoms with Crippen LogP contribution in [0.4, 0.5) is 8.78 Å². The fraction of sp³-hybridized carbons (Fsp3) is 0.263. The first-order chi connectivity index (χ1) is 12.0. The predicted octanol–water partition coefficient (Wildman–Crippen LogP) is 3.30. The van der Waals surface area contributed by atoms with Crippen LogP contribution in [0.15, 0.2) is 42.5 Å². The maximum Gasteiger partial charge on any atom is 0.254 e. The normalized spacial score (nSPS) is 16.8. The third-order valence-corrected chi connectivity index (χ3v) is 4.44. The van der Waals surface area contributed by atoms with Crippen LogP contribution in [-0.4, -0.2) is 30.3 Å². The van der Waals surface area contributed by atoms with Crippen LogP contribution in [0, 0.1) is 11.6 Å². The van der Waals surface area contributed by atoms with Crippen molar-refractivity contribution in [3.8, 4) is 0 Å². The third-order valence-electron chi connectivity index (χ3n) is 4.44. The summed E-state index contributed by atoms with van der Waals surface area (Å²) in [4.78, 5) is 26.3. The summed E-state index contributed by atoms with van der Waals surface area (Å²) >= 11 is 0. The maximum atomic E-state index is 13.5. The number of halogens is 2. The number of benzene rings is 2. The zero-order valence-electron chi connectivity index (χ0n) is 13.8. The first kappa shape index (κ1) is 17.1. The predicted molar refractivity (Wildman–Crippen MR) is 89.2 cm³/mol. The van der Waals surface area contributed by atoms with Gasteiger partial charge in [0.2, 0.25) is 0 Å². The van der Waals surface area contributed by atoms with E-state index in [0.29, 0.717) is 29.7 Å². The van der Waals surface area contributed by atoms with Gasteiger partial charge in [-0.2, -0.15) is 0 Å². The third kappa shape index (κ3) is 3.38. The van der Waals surface area contributed by atoms with Gasteiger partial charge in [0, 0.05) is 24.7 Å². The van der Waals surface area contributed by atoms with Crippen molar-refractivity contribution in [3.63, 3.8) is 0 Å². The SMILES string of the molecule is CNC(=O)c1cccc(C(=O)N2CCC[C@@H]2c2ccc(F)c(F)c2)c1. The molecule has 3 rings (SSSR count). The second kappa shape index (κ2) is 7.01. The number of nitrogens with one attached hydrogen (secondary N) is 1. The van der Waals surface area contributed by atoms with Crippen LogP contribution in [0.2, 0.25) is 0 Å². The molecule has 1 heterocycles. The number of likely N-dealkylation sites (tertiary alicyclic amines) is 1. The lowest BCUT2D eigenvalue weighted by Crippen LogP contribution is -2.31. The van der Waals surface area contributed by atoms with Gasteiger partial charge in [0.15, 0.2) is 11.6 Å². The Morgan fingerprint density at radius 1 is 1.08 bits per heavy atom. The molecule has 0 unspecified atom stereocenters. The van der Waals surface area contributed by atoms with Gasteiger partial charge in [-0.1, -0.05) is 12.1 Å². The van der Waals surface area contributed by atoms with Gasteiger partial charge in [-0.15, -0.1) is 0 Å². The highest BCUT2D eigenvalue weighted by Gasteiger charge is 2.31. The molecule has 6 heteroatoms. The van der Waals surface area contributed by atoms with E-state index in [2.05, 4.69) is 5.32 Å². The summed E-state index contributed by atoms with van der Waals surface area (Å²) in [7, 11) is 1.52. The zero-order chi connectivity index (χ0) is 18.0. The molecule has 130 valence electrons. The van der Waals surface area contributed by atoms with E-state index < -0.39 is 11.6 Å². The second-order valence-electron chi connectivity index (χ2n) is 5.99. The highest BCUT2D eigenvalue weighted by atomic mass is 19.2. The standard InChI is InChI=1S/C19H18F2N2O2/c1-22-18(24)13-4-2-5-14(10-13)19(25)23-9-3-6-17(23)12-7-8-15(20)16(21)11-12/h2,4-5,7-8,10-11,17H,3,6,9H2,1H3,(H,22,24)/t17-/m1/s1. The minimum atomic E-state index is -0.918. The molecule has 0 spiro atoms. The van der Waals surface area contributed by atoms with Gasteiger partial charge < -0.3 is 10.2 Å². The molecule has 1 aliphatic rings. The molecule has 1 aliphatic heterocycles. The molecule has 2 aromatic carbocycles. The number of hydrogen-bond acceptors (Lipinski definition) is 2. The van der Waals surface area contributed by atoms with Crippen molar-refractivity contribution in [3.05, 3.63) is 70.8 Å². The molecule has 0 saturated carbocycles. The molecular formula is C19H18F2N2O2. The van der Waals surface area contributed by atoms with Crippen molar-refractivity contribution in [1.29, 1.82) is 0 Å². The number of carbonyl (C=O) groups is 2. The average molecular weight is 344 g/mol. The highest BCUT2D eigenvalue weighted by Crippen LogP contribution is 2.33. The first-order valence-corrected chi connectivity index (χ1v) is 8.09. The minimum Gasteiger partial charge on any atom is -0.355 e. The van der Waals surface area contributed by atoms with Gasteiger partial charge >= 0.3 is 0 Å². The van der Waals surface area contributed by atoms with Crippen LogP contribution in [0.25, 0.3) is 0 Å². The Bertz CT molecular complexity index is 823. The van der Waals surface area contributed by atoms with Crippen LogP contribution in [-0.2, 0) is 0 Å². The summed E-state index contributed by atoms with van der Waals surface area (Å²) in [6.45, 7) is 0.534. The van der Waals surface area contributed by atoms with E-state index in [-0.39, 0.29) is 17.9 Å². The van der Waals surface area contributed by atoms with Crippen LogP contribution in [0.3, 0.4) is 0 Å². The molecule has 25 heavy (non-hydrogen) atoms. The van der Waals surface area contributed by atoms with E-state index in [1.165, 1.54) is 13.1 Å². The van der Waals surface area contributed by atoms with Gasteiger partial charge in [-0.3, -0.25) is 9.59 Å². The van der Waals surface area contributed by atoms with Gasteiger partial charge in [0.1, 0.15) is 0 Å². The van der Waals surface area contributed by atoms with E-state index in [1.54, 1.807) is 29.2 Å². The zero-order valence-corrected chi connectivity index (χ0v) is 13.8. The van der Waals surface area contributed by atoms with Crippen LogP contribution >= 0.6 is 0 Å². The molecular weight excluding hydrogens is 326 g/mol. The second-order valence-corrected chi connectivity index (χ2v) is 5.99. The van der Waals surface area contributed by atoms with Crippen molar-refractivity contribution in [1.82, 2.24) is 10.2 Å². The molecule has 0 aliphatic carbocycles. The molecule has 0 bridgehead atoms. The lowest BCUT2D eigenvalue weighted by atomic mass is 10.0. The maximum absolute atomic E-state index is 13.5. The van der Waals surface area contributed by atoms with E-state index in [1.807, 2.05) is 0 Å². The number of hydrogen-bond donors (Lipinski definition) is 1. The summed E-state index contributed by atoms with van der Waals surface area (Å²) in [5.41, 5.74) is 1.37. The van der Waals surface area contributed by atoms with Gasteiger partial charge in [-0.05, 0) is 48.7 Å². The summed E-state index contributed by atoms with van der Waals surface area (Å²) in [5, 5.41) is 2.52. The number of nitrogens with zero attached hydrogens (tertiary/aromatic N) is 1. The summed E-state index contributed by atoms with van der Waals surface area (Å²) in [6, 6.07) is 9.91. The summed E-state index contributed by atoms with van der Waals surface area (Å²) in [5.74, 6) is -2.32. The molecule has 0 radical (unpaired) electrons. The molecule has 2 aromatic rings. The fourth-order valence-electron chi connectivity index (χ4n) is 3.18. The average Bonchev–Trinajstić information content (AvgIpc) is 3.12. The first-order valence-electron chi connectivity index (χ1n) is 8.09. The lowest BCUT2D eigenvalue weighted by molar-refractivity contribution is 0.0735. The summed E-state index contributed by atoms with van der Waals surface area (Å²) < 4.78 is 26.7. The Labute approximate surface area is 144 Å². The smallest absolute Gasteiger partial charge is 0.254 e. The molecule has 1 fully saturated rings. The molecule has 0 aromatic heterocycles. The molecule has 1 atom stereocenters. The Morgan fingerprint density at radius 3 is 2.56 bits per heavy atom. The van der Waals surface area contributed by atoms with Crippen molar-refractivity contribution < 1.29 is 18.4 Å². The van der Waals surface area contributed by atoms with Gasteiger partial charge in [0.25, 0.3) is 11.8 Å². The van der Waals surface area contributed by atoms with E-state index in [0.717, 1.165) is 18.6 Å². The van der Waals surface area contributed by atoms with Crippen molar-refractivity contribution >= 4 is 11.8 Å². The topological polar surface area (TPSA) is 49.4 Å². The molecule has 2 amide bonds. The van der Waals surface area contributed by atoms with Crippen molar-refractivity contribution in [2.45, 2.75) is 18.9 Å². The fourth-order valence-corrected chi connectivity index (χ4v) is 3.18. The van der Waals surface area contributed by atoms with Crippen molar-refractivity contribution in [2.24, 2.45) is 0 Å². The molecule has 1 saturated heterocycles. The van der Waals surface area contributed by atoms with Crippen LogP contribution < -0.4 is 5.32 Å². The molecule has 4 nitrogen and oxygen atoms in total. The Balaban J connectivity index is 1.88. The van der Waals surface area contributed by atoms with E-state index >= 15 is 0 Å². The largest absolute Gasteiger partial charge is 0.355 e. The highest BCUT2D eigenvalue weighted by molar-refractivity contribution is 5.99. The van der Waals surface area contributed by atoms with Gasteiger partial charge in [0.05, 0.1) is 6.04 Å². The number of carbonyl (C=O) groups excluding carboxylic acids is 2. The van der Waals surface area contributed by atoms with Crippen LogP contribution in [0.5, 0.6) is 0 Å². The van der Waals surface area contributed by atoms with E-state index in [4.69, 9.17) is 0 Å². The summed E-state index contributed by atoms with van der Waals surface area (Å²) in [6.07, 6.45) is 1.47. The lowest BCUT2D eigenvalue weighted by Gasteiger charge is -2.25. The Morgan fingerprint density at radius 2 is 1.84 bits per heavy atom. The van der Waals surface area contributed by atoms with Gasteiger partial charge in [-0.25, -0.2) is 8.78 Å². The monoisotopic (exact) mass is 344 g/mol. The number of rotatable bonds is 3. The van der Waals surface area contributed by atoms with Crippen molar-refractivity contribution in [2.75, 3.05) is 13.6 Å². The Hall–Kier alpha value is -2.76. The van der Waals surface area contributed by atoms with Crippen LogP contribution in [0.1, 0.15) is 45.2 Å². The van der Waals surface area contributed by atoms with E-state index in [9.17, 15) is 18.4 Å².